The number of carbonyl (C=O) groups excluding carboxylic acids is 1. The van der Waals surface area contributed by atoms with Crippen LogP contribution in [0.1, 0.15) is 37.7 Å². The van der Waals surface area contributed by atoms with Gasteiger partial charge in [-0.2, -0.15) is 0 Å². The Morgan fingerprint density at radius 2 is 1.81 bits per heavy atom. The lowest BCUT2D eigenvalue weighted by molar-refractivity contribution is -0.116. The van der Waals surface area contributed by atoms with Gasteiger partial charge in [-0.1, -0.05) is 12.1 Å². The number of fused-ring (bicyclic) bond motifs is 4. The maximum atomic E-state index is 12.5. The van der Waals surface area contributed by atoms with E-state index in [1.807, 2.05) is 32.3 Å². The Hall–Kier alpha value is -3.08. The summed E-state index contributed by atoms with van der Waals surface area (Å²) >= 11 is 0. The van der Waals surface area contributed by atoms with Gasteiger partial charge in [0.05, 0.1) is 5.52 Å². The molecule has 1 aromatic heterocycles. The highest BCUT2D eigenvalue weighted by molar-refractivity contribution is 5.94. The van der Waals surface area contributed by atoms with E-state index >= 15 is 0 Å². The zero-order valence-electron chi connectivity index (χ0n) is 19.1. The summed E-state index contributed by atoms with van der Waals surface area (Å²) in [5.74, 6) is 1.97. The average Bonchev–Trinajstić information content (AvgIpc) is 2.83. The van der Waals surface area contributed by atoms with Gasteiger partial charge >= 0.3 is 0 Å². The van der Waals surface area contributed by atoms with Crippen LogP contribution in [0.4, 0.5) is 17.2 Å². The molecule has 2 bridgehead atoms. The molecule has 2 aromatic carbocycles. The molecule has 2 saturated heterocycles. The van der Waals surface area contributed by atoms with E-state index < -0.39 is 0 Å². The summed E-state index contributed by atoms with van der Waals surface area (Å²) in [6.07, 6.45) is 6.55. The van der Waals surface area contributed by atoms with Crippen LogP contribution in [0.5, 0.6) is 0 Å². The molecule has 3 heterocycles. The molecule has 0 radical (unpaired) electrons. The molecule has 2 aliphatic heterocycles. The number of pyridine rings is 1. The number of carbonyl (C=O) groups is 1. The van der Waals surface area contributed by atoms with Gasteiger partial charge in [0.25, 0.3) is 0 Å². The fourth-order valence-corrected chi connectivity index (χ4v) is 5.14. The van der Waals surface area contributed by atoms with Gasteiger partial charge in [-0.05, 0) is 86.1 Å². The lowest BCUT2D eigenvalue weighted by Gasteiger charge is -2.46. The van der Waals surface area contributed by atoms with Crippen LogP contribution in [0.2, 0.25) is 0 Å². The van der Waals surface area contributed by atoms with Gasteiger partial charge in [0.15, 0.2) is 0 Å². The molecule has 166 valence electrons. The number of nitrogens with zero attached hydrogens (tertiary/aromatic N) is 3. The van der Waals surface area contributed by atoms with Crippen molar-refractivity contribution in [1.82, 2.24) is 4.98 Å². The van der Waals surface area contributed by atoms with Crippen molar-refractivity contribution in [2.45, 2.75) is 44.6 Å². The van der Waals surface area contributed by atoms with E-state index in [2.05, 4.69) is 51.5 Å². The topological polar surface area (TPSA) is 48.5 Å². The number of anilines is 3. The van der Waals surface area contributed by atoms with Crippen LogP contribution in [0.25, 0.3) is 10.9 Å². The van der Waals surface area contributed by atoms with Gasteiger partial charge in [0.1, 0.15) is 5.82 Å². The minimum Gasteiger partial charge on any atom is -0.378 e. The lowest BCUT2D eigenvalue weighted by Crippen LogP contribution is -2.48. The Morgan fingerprint density at radius 1 is 1.03 bits per heavy atom. The van der Waals surface area contributed by atoms with Crippen LogP contribution in [-0.2, 0) is 11.2 Å². The van der Waals surface area contributed by atoms with Gasteiger partial charge in [-0.15, -0.1) is 0 Å². The first-order valence-electron chi connectivity index (χ1n) is 11.8. The van der Waals surface area contributed by atoms with Crippen LogP contribution < -0.4 is 15.1 Å². The Labute approximate surface area is 190 Å². The summed E-state index contributed by atoms with van der Waals surface area (Å²) in [4.78, 5) is 22.0. The molecular formula is C27H32N4O. The molecule has 0 unspecified atom stereocenters. The Bertz CT molecular complexity index is 1100. The Morgan fingerprint density at radius 3 is 2.50 bits per heavy atom. The van der Waals surface area contributed by atoms with Gasteiger partial charge in [0, 0.05) is 49.9 Å². The number of aryl methyl sites for hydroxylation is 1. The molecule has 1 N–H and O–H groups in total. The van der Waals surface area contributed by atoms with Crippen LogP contribution in [-0.4, -0.2) is 37.6 Å². The number of benzene rings is 2. The van der Waals surface area contributed by atoms with E-state index in [0.29, 0.717) is 12.5 Å². The van der Waals surface area contributed by atoms with Crippen molar-refractivity contribution in [3.63, 3.8) is 0 Å². The second-order valence-electron chi connectivity index (χ2n) is 9.51. The van der Waals surface area contributed by atoms with Crippen molar-refractivity contribution in [2.75, 3.05) is 35.8 Å². The predicted molar refractivity (Wildman–Crippen MR) is 133 cm³/mol. The van der Waals surface area contributed by atoms with Crippen molar-refractivity contribution in [3.8, 4) is 0 Å². The number of piperidine rings is 2. The third kappa shape index (κ3) is 4.43. The highest BCUT2D eigenvalue weighted by Crippen LogP contribution is 2.37. The van der Waals surface area contributed by atoms with Gasteiger partial charge in [-0.25, -0.2) is 4.98 Å². The molecule has 5 heteroatoms. The largest absolute Gasteiger partial charge is 0.378 e. The van der Waals surface area contributed by atoms with E-state index in [1.165, 1.54) is 36.9 Å². The summed E-state index contributed by atoms with van der Waals surface area (Å²) < 4.78 is 0. The first-order valence-corrected chi connectivity index (χ1v) is 11.8. The van der Waals surface area contributed by atoms with Gasteiger partial charge in [0.2, 0.25) is 5.91 Å². The van der Waals surface area contributed by atoms with Crippen LogP contribution in [0, 0.1) is 5.92 Å². The highest BCUT2D eigenvalue weighted by Gasteiger charge is 2.34. The second-order valence-corrected chi connectivity index (χ2v) is 9.51. The number of amides is 1. The molecule has 1 amide bonds. The summed E-state index contributed by atoms with van der Waals surface area (Å²) in [7, 11) is 4.05. The molecule has 6 rings (SSSR count). The van der Waals surface area contributed by atoms with Crippen molar-refractivity contribution in [3.05, 3.63) is 60.2 Å². The number of aromatic nitrogens is 1. The standard InChI is InChI=1S/C27H32N4O/c1-30(2)23-10-3-19(4-11-23)7-16-27(32)28-22-9-14-25-21(17-22)8-15-26(29-25)31-18-20-5-12-24(31)13-6-20/h3-4,8-11,14-15,17,20,24H,5-7,12-13,16,18H2,1-2H3,(H,28,32). The third-order valence-electron chi connectivity index (χ3n) is 7.06. The van der Waals surface area contributed by atoms with Crippen LogP contribution in [0.3, 0.4) is 0 Å². The molecule has 0 spiro atoms. The number of hydrogen-bond acceptors (Lipinski definition) is 4. The number of nitrogens with one attached hydrogen (secondary N) is 1. The van der Waals surface area contributed by atoms with Crippen molar-refractivity contribution >= 4 is 34.0 Å². The molecular weight excluding hydrogens is 396 g/mol. The molecule has 1 aliphatic carbocycles. The minimum atomic E-state index is 0.0370. The molecule has 0 atom stereocenters. The molecule has 5 nitrogen and oxygen atoms in total. The Balaban J connectivity index is 1.21. The average molecular weight is 429 g/mol. The maximum Gasteiger partial charge on any atom is 0.224 e. The van der Waals surface area contributed by atoms with Crippen molar-refractivity contribution < 1.29 is 4.79 Å². The van der Waals surface area contributed by atoms with Gasteiger partial charge < -0.3 is 15.1 Å². The molecule has 3 aromatic rings. The molecule has 32 heavy (non-hydrogen) atoms. The SMILES string of the molecule is CN(C)c1ccc(CCC(=O)Nc2ccc3nc(N4CC5CCC4CC5)ccc3c2)cc1. The number of rotatable bonds is 6. The monoisotopic (exact) mass is 428 g/mol. The summed E-state index contributed by atoms with van der Waals surface area (Å²) in [5, 5.41) is 4.11. The smallest absolute Gasteiger partial charge is 0.224 e. The van der Waals surface area contributed by atoms with Crippen LogP contribution >= 0.6 is 0 Å². The predicted octanol–water partition coefficient (Wildman–Crippen LogP) is 5.25. The van der Waals surface area contributed by atoms with Crippen molar-refractivity contribution in [2.24, 2.45) is 5.92 Å². The molecule has 3 fully saturated rings. The van der Waals surface area contributed by atoms with Crippen LogP contribution in [0.15, 0.2) is 54.6 Å². The molecule has 3 aliphatic rings. The summed E-state index contributed by atoms with van der Waals surface area (Å²) in [6, 6.07) is 19.3. The van der Waals surface area contributed by atoms with E-state index in [1.54, 1.807) is 0 Å². The quantitative estimate of drug-likeness (QED) is 0.582. The lowest BCUT2D eigenvalue weighted by atomic mass is 9.80. The van der Waals surface area contributed by atoms with E-state index in [4.69, 9.17) is 4.98 Å². The fraction of sp³-hybridized carbons (Fsp3) is 0.407. The Kier molecular flexibility index (Phi) is 5.73. The molecule has 1 saturated carbocycles. The van der Waals surface area contributed by atoms with E-state index in [0.717, 1.165) is 41.3 Å². The van der Waals surface area contributed by atoms with E-state index in [9.17, 15) is 4.79 Å². The number of hydrogen-bond donors (Lipinski definition) is 1. The fourth-order valence-electron chi connectivity index (χ4n) is 5.14. The minimum absolute atomic E-state index is 0.0370. The highest BCUT2D eigenvalue weighted by atomic mass is 16.1. The summed E-state index contributed by atoms with van der Waals surface area (Å²) in [5.41, 5.74) is 4.16. The maximum absolute atomic E-state index is 12.5. The first kappa shape index (κ1) is 20.8. The zero-order chi connectivity index (χ0) is 22.1. The normalized spacial score (nSPS) is 19.9. The van der Waals surface area contributed by atoms with Gasteiger partial charge in [-0.3, -0.25) is 4.79 Å². The summed E-state index contributed by atoms with van der Waals surface area (Å²) in [6.45, 7) is 1.15. The third-order valence-corrected chi connectivity index (χ3v) is 7.06. The van der Waals surface area contributed by atoms with Crippen molar-refractivity contribution in [1.29, 1.82) is 0 Å². The second kappa shape index (κ2) is 8.81. The zero-order valence-corrected chi connectivity index (χ0v) is 19.1. The first-order chi connectivity index (χ1) is 15.5. The van der Waals surface area contributed by atoms with E-state index in [-0.39, 0.29) is 5.91 Å².